The van der Waals surface area contributed by atoms with Crippen LogP contribution >= 0.6 is 11.6 Å². The number of piperidine rings is 1. The van der Waals surface area contributed by atoms with E-state index in [2.05, 4.69) is 9.97 Å². The number of hydrogen-bond donors (Lipinski definition) is 0. The lowest BCUT2D eigenvalue weighted by Gasteiger charge is -2.39. The highest BCUT2D eigenvalue weighted by Crippen LogP contribution is 2.40. The van der Waals surface area contributed by atoms with Crippen molar-refractivity contribution in [3.8, 4) is 0 Å². The topological polar surface area (TPSA) is 80.2 Å². The van der Waals surface area contributed by atoms with Gasteiger partial charge < -0.3 is 0 Å². The summed E-state index contributed by atoms with van der Waals surface area (Å²) in [4.78, 5) is 21.6. The molecule has 0 saturated carbocycles. The van der Waals surface area contributed by atoms with E-state index in [1.54, 1.807) is 0 Å². The summed E-state index contributed by atoms with van der Waals surface area (Å²) in [5.41, 5.74) is -1.04. The van der Waals surface area contributed by atoms with E-state index < -0.39 is 37.1 Å². The second-order valence-corrected chi connectivity index (χ2v) is 10.5. The van der Waals surface area contributed by atoms with Gasteiger partial charge in [0.1, 0.15) is 0 Å². The minimum atomic E-state index is -4.66. The van der Waals surface area contributed by atoms with Crippen LogP contribution in [-0.4, -0.2) is 35.6 Å². The van der Waals surface area contributed by atoms with Crippen molar-refractivity contribution in [1.29, 1.82) is 0 Å². The van der Waals surface area contributed by atoms with Crippen LogP contribution < -0.4 is 4.90 Å². The highest BCUT2D eigenvalue weighted by molar-refractivity contribution is 7.92. The van der Waals surface area contributed by atoms with E-state index in [0.717, 1.165) is 18.2 Å². The molecular formula is C19H19ClF3N3O3S. The molecule has 3 rings (SSSR count). The third kappa shape index (κ3) is 4.15. The quantitative estimate of drug-likeness (QED) is 0.683. The zero-order chi connectivity index (χ0) is 22.3. The average Bonchev–Trinajstić information content (AvgIpc) is 2.68. The number of rotatable bonds is 4. The van der Waals surface area contributed by atoms with E-state index in [9.17, 15) is 26.4 Å². The van der Waals surface area contributed by atoms with Crippen molar-refractivity contribution in [1.82, 2.24) is 9.97 Å². The summed E-state index contributed by atoms with van der Waals surface area (Å²) in [6, 6.07) is 3.66. The van der Waals surface area contributed by atoms with Gasteiger partial charge in [0.25, 0.3) is 0 Å². The standard InChI is InChI=1S/C19H19ClF3N3O3S/c1-18(2,30(28,29)15-5-3-4-13(8-15)19(21,22)23)12-6-7-26(16(27)9-12)17-24-10-14(20)11-25-17/h3-5,8,10-12H,6-7,9H2,1-2H3. The molecule has 1 aliphatic rings. The fraction of sp³-hybridized carbons (Fsp3) is 0.421. The van der Waals surface area contributed by atoms with Gasteiger partial charge in [-0.15, -0.1) is 0 Å². The Morgan fingerprint density at radius 3 is 2.37 bits per heavy atom. The molecule has 1 atom stereocenters. The Bertz CT molecular complexity index is 1060. The molecule has 30 heavy (non-hydrogen) atoms. The fourth-order valence-corrected chi connectivity index (χ4v) is 5.33. The van der Waals surface area contributed by atoms with Crippen molar-refractivity contribution in [2.75, 3.05) is 11.4 Å². The van der Waals surface area contributed by atoms with Gasteiger partial charge >= 0.3 is 6.18 Å². The zero-order valence-electron chi connectivity index (χ0n) is 16.1. The number of benzene rings is 1. The monoisotopic (exact) mass is 461 g/mol. The maximum absolute atomic E-state index is 13.2. The Morgan fingerprint density at radius 1 is 1.17 bits per heavy atom. The number of amides is 1. The van der Waals surface area contributed by atoms with Crippen LogP contribution in [0.1, 0.15) is 32.3 Å². The van der Waals surface area contributed by atoms with Crippen LogP contribution in [0.25, 0.3) is 0 Å². The Labute approximate surface area is 177 Å². The molecule has 1 unspecified atom stereocenters. The number of anilines is 1. The molecule has 0 aliphatic carbocycles. The summed E-state index contributed by atoms with van der Waals surface area (Å²) >= 11 is 5.75. The van der Waals surface area contributed by atoms with Crippen LogP contribution in [0.2, 0.25) is 5.02 Å². The molecule has 6 nitrogen and oxygen atoms in total. The molecule has 1 aromatic carbocycles. The van der Waals surface area contributed by atoms with Gasteiger partial charge in [0.15, 0.2) is 9.84 Å². The van der Waals surface area contributed by atoms with Crippen LogP contribution in [0.15, 0.2) is 41.6 Å². The minimum absolute atomic E-state index is 0.100. The van der Waals surface area contributed by atoms with Gasteiger partial charge in [-0.1, -0.05) is 17.7 Å². The lowest BCUT2D eigenvalue weighted by molar-refractivity contribution is -0.137. The third-order valence-corrected chi connectivity index (χ3v) is 8.21. The van der Waals surface area contributed by atoms with Crippen LogP contribution in [-0.2, 0) is 20.8 Å². The molecule has 2 heterocycles. The maximum atomic E-state index is 13.2. The van der Waals surface area contributed by atoms with Gasteiger partial charge in [0, 0.05) is 13.0 Å². The molecule has 1 aromatic heterocycles. The predicted octanol–water partition coefficient (Wildman–Crippen LogP) is 4.14. The Morgan fingerprint density at radius 2 is 1.80 bits per heavy atom. The van der Waals surface area contributed by atoms with E-state index >= 15 is 0 Å². The molecule has 1 amide bonds. The van der Waals surface area contributed by atoms with Crippen molar-refractivity contribution in [2.45, 2.75) is 42.5 Å². The van der Waals surface area contributed by atoms with E-state index in [1.807, 2.05) is 0 Å². The van der Waals surface area contributed by atoms with Crippen molar-refractivity contribution >= 4 is 33.3 Å². The van der Waals surface area contributed by atoms with Gasteiger partial charge in [-0.25, -0.2) is 18.4 Å². The number of alkyl halides is 3. The summed E-state index contributed by atoms with van der Waals surface area (Å²) in [7, 11) is -4.15. The Hall–Kier alpha value is -2.20. The molecule has 0 N–H and O–H groups in total. The van der Waals surface area contributed by atoms with Crippen molar-refractivity contribution in [3.05, 3.63) is 47.2 Å². The number of aromatic nitrogens is 2. The molecule has 11 heteroatoms. The second-order valence-electron chi connectivity index (χ2n) is 7.57. The van der Waals surface area contributed by atoms with Crippen LogP contribution in [0.4, 0.5) is 19.1 Å². The largest absolute Gasteiger partial charge is 0.416 e. The fourth-order valence-electron chi connectivity index (χ4n) is 3.45. The highest BCUT2D eigenvalue weighted by Gasteiger charge is 2.46. The average molecular weight is 462 g/mol. The van der Waals surface area contributed by atoms with Crippen molar-refractivity contribution in [3.63, 3.8) is 0 Å². The molecule has 0 bridgehead atoms. The maximum Gasteiger partial charge on any atom is 0.416 e. The zero-order valence-corrected chi connectivity index (χ0v) is 17.7. The minimum Gasteiger partial charge on any atom is -0.281 e. The molecule has 1 saturated heterocycles. The van der Waals surface area contributed by atoms with Crippen LogP contribution in [0, 0.1) is 5.92 Å². The number of nitrogens with zero attached hydrogens (tertiary/aromatic N) is 3. The van der Waals surface area contributed by atoms with E-state index in [1.165, 1.54) is 31.1 Å². The first-order valence-corrected chi connectivity index (χ1v) is 10.9. The molecule has 1 fully saturated rings. The van der Waals surface area contributed by atoms with Crippen molar-refractivity contribution in [2.24, 2.45) is 5.92 Å². The smallest absolute Gasteiger partial charge is 0.281 e. The van der Waals surface area contributed by atoms with Crippen LogP contribution in [0.3, 0.4) is 0 Å². The third-order valence-electron chi connectivity index (χ3n) is 5.42. The molecule has 1 aliphatic heterocycles. The molecule has 2 aromatic rings. The Kier molecular flexibility index (Phi) is 5.85. The predicted molar refractivity (Wildman–Crippen MR) is 105 cm³/mol. The lowest BCUT2D eigenvalue weighted by atomic mass is 9.85. The number of halogens is 4. The van der Waals surface area contributed by atoms with Gasteiger partial charge in [0.2, 0.25) is 11.9 Å². The first kappa shape index (κ1) is 22.5. The number of sulfone groups is 1. The molecule has 0 radical (unpaired) electrons. The first-order valence-electron chi connectivity index (χ1n) is 9.04. The summed E-state index contributed by atoms with van der Waals surface area (Å²) < 4.78 is 64.0. The van der Waals surface area contributed by atoms with Gasteiger partial charge in [0.05, 0.1) is 32.6 Å². The van der Waals surface area contributed by atoms with Gasteiger partial charge in [-0.05, 0) is 44.4 Å². The summed E-state index contributed by atoms with van der Waals surface area (Å²) in [6.45, 7) is 3.07. The number of carbonyl (C=O) groups excluding carboxylic acids is 1. The van der Waals surface area contributed by atoms with E-state index in [4.69, 9.17) is 11.6 Å². The number of hydrogen-bond acceptors (Lipinski definition) is 5. The lowest BCUT2D eigenvalue weighted by Crippen LogP contribution is -2.49. The first-order chi connectivity index (χ1) is 13.8. The second kappa shape index (κ2) is 7.81. The number of carbonyl (C=O) groups is 1. The molecule has 0 spiro atoms. The highest BCUT2D eigenvalue weighted by atomic mass is 35.5. The normalized spacial score (nSPS) is 18.5. The molecular weight excluding hydrogens is 443 g/mol. The van der Waals surface area contributed by atoms with E-state index in [-0.39, 0.29) is 24.8 Å². The van der Waals surface area contributed by atoms with Gasteiger partial charge in [-0.2, -0.15) is 13.2 Å². The molecule has 162 valence electrons. The summed E-state index contributed by atoms with van der Waals surface area (Å²) in [5, 5.41) is 0.314. The summed E-state index contributed by atoms with van der Waals surface area (Å²) in [6.07, 6.45) is -1.73. The SMILES string of the molecule is CC(C)(C1CCN(c2ncc(Cl)cn2)C(=O)C1)S(=O)(=O)c1cccc(C(F)(F)F)c1. The van der Waals surface area contributed by atoms with E-state index in [0.29, 0.717) is 17.5 Å². The summed E-state index contributed by atoms with van der Waals surface area (Å²) in [5.74, 6) is -0.782. The van der Waals surface area contributed by atoms with Crippen LogP contribution in [0.5, 0.6) is 0 Å². The van der Waals surface area contributed by atoms with Crippen molar-refractivity contribution < 1.29 is 26.4 Å². The Balaban J connectivity index is 1.85. The van der Waals surface area contributed by atoms with Gasteiger partial charge in [-0.3, -0.25) is 9.69 Å².